The van der Waals surface area contributed by atoms with Crippen LogP contribution < -0.4 is 14.4 Å². The van der Waals surface area contributed by atoms with E-state index in [4.69, 9.17) is 9.47 Å². The van der Waals surface area contributed by atoms with Gasteiger partial charge in [0.1, 0.15) is 22.4 Å². The Bertz CT molecular complexity index is 648. The van der Waals surface area contributed by atoms with Crippen molar-refractivity contribution in [3.8, 4) is 11.5 Å². The summed E-state index contributed by atoms with van der Waals surface area (Å²) in [6, 6.07) is 5.57. The third-order valence-corrected chi connectivity index (χ3v) is 5.01. The van der Waals surface area contributed by atoms with Gasteiger partial charge in [-0.15, -0.1) is 22.0 Å². The molecule has 0 bridgehead atoms. The van der Waals surface area contributed by atoms with Crippen LogP contribution in [0.25, 0.3) is 0 Å². The molecule has 0 spiro atoms. The van der Waals surface area contributed by atoms with Crippen LogP contribution >= 0.6 is 23.1 Å². The van der Waals surface area contributed by atoms with Gasteiger partial charge in [0.05, 0.1) is 20.0 Å². The zero-order chi connectivity index (χ0) is 14.8. The lowest BCUT2D eigenvalue weighted by molar-refractivity contribution is -0.115. The Morgan fingerprint density at radius 3 is 2.86 bits per heavy atom. The second kappa shape index (κ2) is 5.90. The molecule has 1 atom stereocenters. The topological polar surface area (TPSA) is 64.6 Å². The first kappa shape index (κ1) is 14.2. The van der Waals surface area contributed by atoms with Crippen LogP contribution in [0.2, 0.25) is 0 Å². The molecule has 1 fully saturated rings. The van der Waals surface area contributed by atoms with Crippen LogP contribution in [0.4, 0.5) is 5.13 Å². The van der Waals surface area contributed by atoms with Crippen molar-refractivity contribution in [2.24, 2.45) is 0 Å². The summed E-state index contributed by atoms with van der Waals surface area (Å²) in [4.78, 5) is 13.8. The molecule has 1 aliphatic rings. The van der Waals surface area contributed by atoms with Crippen molar-refractivity contribution in [1.82, 2.24) is 10.2 Å². The van der Waals surface area contributed by atoms with E-state index in [1.807, 2.05) is 18.2 Å². The quantitative estimate of drug-likeness (QED) is 0.860. The maximum atomic E-state index is 12.2. The van der Waals surface area contributed by atoms with Crippen LogP contribution in [0, 0.1) is 0 Å². The van der Waals surface area contributed by atoms with E-state index in [1.165, 1.54) is 23.1 Å². The van der Waals surface area contributed by atoms with Gasteiger partial charge < -0.3 is 9.47 Å². The summed E-state index contributed by atoms with van der Waals surface area (Å²) in [6.45, 7) is 0. The molecule has 110 valence electrons. The average molecular weight is 323 g/mol. The van der Waals surface area contributed by atoms with Crippen molar-refractivity contribution >= 4 is 34.1 Å². The number of hydrogen-bond acceptors (Lipinski definition) is 7. The van der Waals surface area contributed by atoms with Crippen molar-refractivity contribution in [1.29, 1.82) is 0 Å². The maximum Gasteiger partial charge on any atom is 0.240 e. The summed E-state index contributed by atoms with van der Waals surface area (Å²) in [5.74, 6) is 1.87. The summed E-state index contributed by atoms with van der Waals surface area (Å²) < 4.78 is 10.7. The predicted octanol–water partition coefficient (Wildman–Crippen LogP) is 2.33. The molecule has 1 aromatic carbocycles. The molecule has 0 saturated carbocycles. The maximum absolute atomic E-state index is 12.2. The first-order valence-corrected chi connectivity index (χ1v) is 8.09. The Morgan fingerprint density at radius 1 is 1.33 bits per heavy atom. The first-order valence-electron chi connectivity index (χ1n) is 6.16. The molecular formula is C13H13N3O3S2. The molecule has 1 amide bonds. The third-order valence-electron chi connectivity index (χ3n) is 3.13. The summed E-state index contributed by atoms with van der Waals surface area (Å²) in [6.07, 6.45) is 0. The molecular weight excluding hydrogens is 310 g/mol. The van der Waals surface area contributed by atoms with Gasteiger partial charge in [-0.3, -0.25) is 9.69 Å². The van der Waals surface area contributed by atoms with Gasteiger partial charge in [-0.2, -0.15) is 0 Å². The Hall–Kier alpha value is -1.80. The fourth-order valence-electron chi connectivity index (χ4n) is 2.17. The lowest BCUT2D eigenvalue weighted by Crippen LogP contribution is -2.28. The Morgan fingerprint density at radius 2 is 2.19 bits per heavy atom. The number of amides is 1. The van der Waals surface area contributed by atoms with Gasteiger partial charge in [0.25, 0.3) is 0 Å². The molecule has 6 nitrogen and oxygen atoms in total. The Kier molecular flexibility index (Phi) is 3.98. The highest BCUT2D eigenvalue weighted by atomic mass is 32.2. The van der Waals surface area contributed by atoms with Crippen LogP contribution in [0.5, 0.6) is 11.5 Å². The highest BCUT2D eigenvalue weighted by Gasteiger charge is 2.37. The number of hydrogen-bond donors (Lipinski definition) is 0. The zero-order valence-corrected chi connectivity index (χ0v) is 13.1. The van der Waals surface area contributed by atoms with Gasteiger partial charge in [0, 0.05) is 5.56 Å². The summed E-state index contributed by atoms with van der Waals surface area (Å²) >= 11 is 2.88. The second-order valence-electron chi connectivity index (χ2n) is 4.26. The van der Waals surface area contributed by atoms with Crippen LogP contribution in [0.15, 0.2) is 23.7 Å². The minimum atomic E-state index is -0.185. The van der Waals surface area contributed by atoms with Gasteiger partial charge in [-0.25, -0.2) is 0 Å². The average Bonchev–Trinajstić information content (AvgIpc) is 3.15. The van der Waals surface area contributed by atoms with Crippen molar-refractivity contribution in [2.75, 3.05) is 24.9 Å². The monoisotopic (exact) mass is 323 g/mol. The van der Waals surface area contributed by atoms with Crippen molar-refractivity contribution < 1.29 is 14.3 Å². The molecule has 3 rings (SSSR count). The molecule has 1 saturated heterocycles. The number of benzene rings is 1. The molecule has 2 heterocycles. The van der Waals surface area contributed by atoms with Gasteiger partial charge in [0.15, 0.2) is 0 Å². The van der Waals surface area contributed by atoms with E-state index in [9.17, 15) is 4.79 Å². The Balaban J connectivity index is 2.04. The predicted molar refractivity (Wildman–Crippen MR) is 82.1 cm³/mol. The largest absolute Gasteiger partial charge is 0.497 e. The number of ether oxygens (including phenoxy) is 2. The molecule has 2 aromatic rings. The summed E-state index contributed by atoms with van der Waals surface area (Å²) in [7, 11) is 3.23. The molecule has 1 aliphatic heterocycles. The SMILES string of the molecule is COc1ccc(OC)c(C2SCC(=O)N2c2nncs2)c1. The van der Waals surface area contributed by atoms with E-state index in [0.29, 0.717) is 10.9 Å². The van der Waals surface area contributed by atoms with Crippen molar-refractivity contribution in [3.63, 3.8) is 0 Å². The van der Waals surface area contributed by atoms with Crippen LogP contribution in [-0.2, 0) is 4.79 Å². The van der Waals surface area contributed by atoms with Gasteiger partial charge in [-0.05, 0) is 18.2 Å². The minimum Gasteiger partial charge on any atom is -0.497 e. The van der Waals surface area contributed by atoms with E-state index < -0.39 is 0 Å². The van der Waals surface area contributed by atoms with Crippen LogP contribution in [0.1, 0.15) is 10.9 Å². The Labute approximate surface area is 130 Å². The number of methoxy groups -OCH3 is 2. The number of nitrogens with zero attached hydrogens (tertiary/aromatic N) is 3. The lowest BCUT2D eigenvalue weighted by Gasteiger charge is -2.23. The number of thioether (sulfide) groups is 1. The zero-order valence-electron chi connectivity index (χ0n) is 11.5. The summed E-state index contributed by atoms with van der Waals surface area (Å²) in [5.41, 5.74) is 2.51. The van der Waals surface area contributed by atoms with Gasteiger partial charge in [-0.1, -0.05) is 11.3 Å². The number of rotatable bonds is 4. The standard InChI is InChI=1S/C13H13N3O3S2/c1-18-8-3-4-10(19-2)9(5-8)12-16(11(17)6-20-12)13-15-14-7-21-13/h3-5,7,12H,6H2,1-2H3. The first-order chi connectivity index (χ1) is 10.2. The highest BCUT2D eigenvalue weighted by molar-refractivity contribution is 8.00. The molecule has 0 aliphatic carbocycles. The van der Waals surface area contributed by atoms with Crippen molar-refractivity contribution in [3.05, 3.63) is 29.3 Å². The lowest BCUT2D eigenvalue weighted by atomic mass is 10.1. The van der Waals surface area contributed by atoms with Crippen LogP contribution in [0.3, 0.4) is 0 Å². The fourth-order valence-corrected chi connectivity index (χ4v) is 4.01. The smallest absolute Gasteiger partial charge is 0.240 e. The highest BCUT2D eigenvalue weighted by Crippen LogP contribution is 2.45. The number of carbonyl (C=O) groups excluding carboxylic acids is 1. The summed E-state index contributed by atoms with van der Waals surface area (Å²) in [5, 5.41) is 8.24. The third kappa shape index (κ3) is 2.56. The van der Waals surface area contributed by atoms with Gasteiger partial charge >= 0.3 is 0 Å². The molecule has 0 radical (unpaired) electrons. The molecule has 8 heteroatoms. The number of aromatic nitrogens is 2. The molecule has 21 heavy (non-hydrogen) atoms. The molecule has 1 aromatic heterocycles. The number of anilines is 1. The molecule has 0 N–H and O–H groups in total. The normalized spacial score (nSPS) is 18.1. The number of carbonyl (C=O) groups is 1. The molecule has 1 unspecified atom stereocenters. The minimum absolute atomic E-state index is 0.0200. The van der Waals surface area contributed by atoms with Crippen molar-refractivity contribution in [2.45, 2.75) is 5.37 Å². The van der Waals surface area contributed by atoms with E-state index in [0.717, 1.165) is 17.1 Å². The van der Waals surface area contributed by atoms with E-state index >= 15 is 0 Å². The van der Waals surface area contributed by atoms with E-state index in [1.54, 1.807) is 24.6 Å². The fraction of sp³-hybridized carbons (Fsp3) is 0.308. The van der Waals surface area contributed by atoms with E-state index in [-0.39, 0.29) is 11.3 Å². The second-order valence-corrected chi connectivity index (χ2v) is 6.14. The van der Waals surface area contributed by atoms with Gasteiger partial charge in [0.2, 0.25) is 11.0 Å². The van der Waals surface area contributed by atoms with E-state index in [2.05, 4.69) is 10.2 Å². The van der Waals surface area contributed by atoms with Crippen LogP contribution in [-0.4, -0.2) is 36.1 Å².